The number of imidazole rings is 1. The molecule has 0 aliphatic rings. The van der Waals surface area contributed by atoms with Gasteiger partial charge in [0, 0.05) is 17.8 Å². The Balaban J connectivity index is 0.00000196. The Morgan fingerprint density at radius 2 is 2.04 bits per heavy atom. The Bertz CT molecular complexity index is 985. The molecule has 1 aromatic carbocycles. The van der Waals surface area contributed by atoms with Crippen LogP contribution in [-0.2, 0) is 16.6 Å². The summed E-state index contributed by atoms with van der Waals surface area (Å²) in [4.78, 5) is 11.1. The number of nitrogens with zero attached hydrogens (tertiary/aromatic N) is 2. The normalized spacial score (nSPS) is 12.5. The molecule has 1 N–H and O–H groups in total. The van der Waals surface area contributed by atoms with Gasteiger partial charge in [-0.2, -0.15) is 0 Å². The predicted molar refractivity (Wildman–Crippen MR) is 89.5 cm³/mol. The summed E-state index contributed by atoms with van der Waals surface area (Å²) in [7, 11) is -0.0303. The number of fused-ring (bicyclic) bond motifs is 1. The van der Waals surface area contributed by atoms with Crippen molar-refractivity contribution in [3.05, 3.63) is 41.7 Å². The second-order valence-electron chi connectivity index (χ2n) is 5.34. The summed E-state index contributed by atoms with van der Waals surface area (Å²) in [5, 5.41) is 0.146. The molecule has 0 bridgehead atoms. The van der Waals surface area contributed by atoms with Crippen LogP contribution in [0.25, 0.3) is 11.0 Å². The summed E-state index contributed by atoms with van der Waals surface area (Å²) in [6.45, 7) is 1.80. The summed E-state index contributed by atoms with van der Waals surface area (Å²) in [5.74, 6) is 0.344. The third-order valence-electron chi connectivity index (χ3n) is 3.63. The van der Waals surface area contributed by atoms with Crippen molar-refractivity contribution in [1.29, 1.82) is 0 Å². The van der Waals surface area contributed by atoms with Gasteiger partial charge in [0.2, 0.25) is 0 Å². The average molecular weight is 409 g/mol. The minimum atomic E-state index is -4.78. The van der Waals surface area contributed by atoms with Crippen LogP contribution in [0.15, 0.2) is 35.6 Å². The predicted octanol–water partition coefficient (Wildman–Crippen LogP) is 0.598. The molecule has 0 aliphatic heterocycles. The van der Waals surface area contributed by atoms with Crippen molar-refractivity contribution in [2.75, 3.05) is 7.11 Å². The number of ether oxygens (including phenoxy) is 2. The zero-order valence-electron chi connectivity index (χ0n) is 15.8. The van der Waals surface area contributed by atoms with Crippen LogP contribution in [0.1, 0.15) is 12.7 Å². The Kier molecular flexibility index (Phi) is 6.90. The molecule has 2 heterocycles. The molecule has 0 radical (unpaired) electrons. The van der Waals surface area contributed by atoms with E-state index >= 15 is 0 Å². The quantitative estimate of drug-likeness (QED) is 0.625. The molecular weight excluding hydrogens is 394 g/mol. The number of benzene rings is 1. The van der Waals surface area contributed by atoms with Crippen molar-refractivity contribution in [3.8, 4) is 11.5 Å². The van der Waals surface area contributed by atoms with Gasteiger partial charge in [0.25, 0.3) is 0 Å². The van der Waals surface area contributed by atoms with E-state index in [1.165, 1.54) is 13.2 Å². The van der Waals surface area contributed by atoms with E-state index in [1.54, 1.807) is 19.2 Å². The number of hydrogen-bond acceptors (Lipinski definition) is 5. The van der Waals surface area contributed by atoms with Crippen molar-refractivity contribution < 1.29 is 57.8 Å². The fourth-order valence-corrected chi connectivity index (χ4v) is 3.49. The molecule has 27 heavy (non-hydrogen) atoms. The zero-order chi connectivity index (χ0) is 18.9. The second kappa shape index (κ2) is 8.59. The first-order valence-corrected chi connectivity index (χ1v) is 8.71. The molecule has 3 aromatic rings. The van der Waals surface area contributed by atoms with E-state index in [0.29, 0.717) is 22.5 Å². The number of methoxy groups -OCH3 is 1. The fraction of sp³-hybridized carbons (Fsp3) is 0.250. The van der Waals surface area contributed by atoms with Gasteiger partial charge < -0.3 is 15.9 Å². The molecule has 6 nitrogen and oxygen atoms in total. The van der Waals surface area contributed by atoms with Gasteiger partial charge in [-0.3, -0.25) is 9.19 Å². The van der Waals surface area contributed by atoms with Gasteiger partial charge in [-0.05, 0) is 25.1 Å². The van der Waals surface area contributed by atoms with Crippen molar-refractivity contribution in [1.82, 2.24) is 15.0 Å². The number of halogens is 3. The Labute approximate surface area is 178 Å². The molecule has 0 aliphatic carbocycles. The van der Waals surface area contributed by atoms with Crippen molar-refractivity contribution in [2.24, 2.45) is 0 Å². The van der Waals surface area contributed by atoms with Crippen molar-refractivity contribution in [3.63, 3.8) is 0 Å². The minimum Gasteiger partial charge on any atom is -1.00 e. The van der Waals surface area contributed by atoms with Crippen LogP contribution in [0.4, 0.5) is 13.2 Å². The first kappa shape index (κ1) is 21.7. The molecule has 0 saturated heterocycles. The Hall–Kier alpha value is -1.62. The SMILES string of the molecule is COc1ccnc(CS(=O)c2nc3ccc(OC(F)(F)F)cc3[nH]2)c1C.[H-].[Na+]. The maximum absolute atomic E-state index is 12.6. The van der Waals surface area contributed by atoms with E-state index in [1.807, 2.05) is 0 Å². The van der Waals surface area contributed by atoms with E-state index in [9.17, 15) is 17.4 Å². The Morgan fingerprint density at radius 1 is 1.30 bits per heavy atom. The Morgan fingerprint density at radius 3 is 2.70 bits per heavy atom. The molecular formula is C16H15F3N3NaO3S. The van der Waals surface area contributed by atoms with Crippen LogP contribution >= 0.6 is 0 Å². The standard InChI is InChI=1S/C16H14F3N3O3S.Na.H/c1-9-13(20-6-5-14(9)24-2)8-26(23)15-21-11-4-3-10(7-12(11)22-15)25-16(17,18)19;;/h3-7H,8H2,1-2H3,(H,21,22);;/q;+1;-1. The van der Waals surface area contributed by atoms with E-state index in [0.717, 1.165) is 17.7 Å². The zero-order valence-corrected chi connectivity index (χ0v) is 17.6. The second-order valence-corrected chi connectivity index (χ2v) is 6.71. The molecule has 0 fully saturated rings. The third kappa shape index (κ3) is 5.22. The fourth-order valence-electron chi connectivity index (χ4n) is 2.39. The monoisotopic (exact) mass is 409 g/mol. The molecule has 140 valence electrons. The van der Waals surface area contributed by atoms with Gasteiger partial charge >= 0.3 is 35.9 Å². The van der Waals surface area contributed by atoms with Crippen LogP contribution in [0.2, 0.25) is 0 Å². The van der Waals surface area contributed by atoms with Gasteiger partial charge in [0.15, 0.2) is 5.16 Å². The summed E-state index contributed by atoms with van der Waals surface area (Å²) in [6, 6.07) is 5.37. The minimum absolute atomic E-state index is 0. The smallest absolute Gasteiger partial charge is 1.00 e. The van der Waals surface area contributed by atoms with Crippen LogP contribution < -0.4 is 39.0 Å². The molecule has 3 rings (SSSR count). The average Bonchev–Trinajstić information content (AvgIpc) is 2.98. The number of hydrogen-bond donors (Lipinski definition) is 1. The molecule has 0 amide bonds. The van der Waals surface area contributed by atoms with Crippen LogP contribution in [-0.4, -0.2) is 32.6 Å². The van der Waals surface area contributed by atoms with Gasteiger partial charge in [-0.25, -0.2) is 4.98 Å². The third-order valence-corrected chi connectivity index (χ3v) is 4.79. The van der Waals surface area contributed by atoms with Crippen LogP contribution in [0.5, 0.6) is 11.5 Å². The van der Waals surface area contributed by atoms with E-state index in [2.05, 4.69) is 19.7 Å². The van der Waals surface area contributed by atoms with E-state index < -0.39 is 17.2 Å². The largest absolute Gasteiger partial charge is 1.00 e. The van der Waals surface area contributed by atoms with E-state index in [-0.39, 0.29) is 47.6 Å². The summed E-state index contributed by atoms with van der Waals surface area (Å²) < 4.78 is 58.6. The summed E-state index contributed by atoms with van der Waals surface area (Å²) >= 11 is 0. The number of alkyl halides is 3. The number of rotatable bonds is 5. The number of nitrogens with one attached hydrogen (secondary N) is 1. The van der Waals surface area contributed by atoms with Crippen LogP contribution in [0, 0.1) is 6.92 Å². The van der Waals surface area contributed by atoms with Gasteiger partial charge in [-0.15, -0.1) is 13.2 Å². The summed E-state index contributed by atoms with van der Waals surface area (Å²) in [6.07, 6.45) is -3.23. The van der Waals surface area contributed by atoms with Gasteiger partial charge in [-0.1, -0.05) is 0 Å². The van der Waals surface area contributed by atoms with Crippen molar-refractivity contribution >= 4 is 21.8 Å². The first-order chi connectivity index (χ1) is 12.3. The first-order valence-electron chi connectivity index (χ1n) is 7.39. The summed E-state index contributed by atoms with van der Waals surface area (Å²) in [5.41, 5.74) is 2.04. The molecule has 1 atom stereocenters. The van der Waals surface area contributed by atoms with Gasteiger partial charge in [0.05, 0.1) is 40.4 Å². The number of H-pyrrole nitrogens is 1. The molecule has 2 aromatic heterocycles. The number of pyridine rings is 1. The van der Waals surface area contributed by atoms with Gasteiger partial charge in [0.1, 0.15) is 11.5 Å². The van der Waals surface area contributed by atoms with Crippen molar-refractivity contribution in [2.45, 2.75) is 24.2 Å². The number of aromatic amines is 1. The molecule has 0 saturated carbocycles. The maximum Gasteiger partial charge on any atom is 1.00 e. The molecule has 0 spiro atoms. The molecule has 11 heteroatoms. The number of aromatic nitrogens is 3. The topological polar surface area (TPSA) is 77.1 Å². The van der Waals surface area contributed by atoms with Crippen LogP contribution in [0.3, 0.4) is 0 Å². The maximum atomic E-state index is 12.6. The van der Waals surface area contributed by atoms with E-state index in [4.69, 9.17) is 4.74 Å². The molecule has 1 unspecified atom stereocenters.